The van der Waals surface area contributed by atoms with E-state index in [0.29, 0.717) is 69.1 Å². The van der Waals surface area contributed by atoms with Crippen LogP contribution in [0, 0.1) is 35.5 Å². The number of allylic oxidation sites excluding steroid dienone is 6. The van der Waals surface area contributed by atoms with Crippen molar-refractivity contribution in [1.82, 2.24) is 9.62 Å². The molecule has 2 saturated heterocycles. The average molecular weight is 1080 g/mol. The van der Waals surface area contributed by atoms with Gasteiger partial charge in [-0.15, -0.1) is 0 Å². The van der Waals surface area contributed by atoms with E-state index in [2.05, 4.69) is 4.72 Å². The molecule has 2 bridgehead atoms. The van der Waals surface area contributed by atoms with Crippen LogP contribution < -0.4 is 4.72 Å². The van der Waals surface area contributed by atoms with Gasteiger partial charge in [0.2, 0.25) is 15.8 Å². The van der Waals surface area contributed by atoms with Crippen LogP contribution in [0.2, 0.25) is 0 Å². The zero-order valence-electron chi connectivity index (χ0n) is 45.5. The van der Waals surface area contributed by atoms with Gasteiger partial charge in [-0.05, 0) is 115 Å². The SMILES string of the molecule is COC1C(=O)C(C)CC\C=C/C=C\C=C(\C)C(NS(C)(=O)=O)C[C@H]2CC[C@H](C)[C@](O)(O2)C(=O)C(=O)N(C)C(C)C(=O)OC([C@H](C)C[C@@H]2CC[C@@H](OCCC3CCS(=O)(=O)C3)[C@H](OC)C2)CC(=O)C(C)/C=C(/C)C1O. The maximum atomic E-state index is 14.2. The topological polar surface area (TPSA) is 256 Å². The van der Waals surface area contributed by atoms with Gasteiger partial charge in [0.05, 0.1) is 36.1 Å². The molecule has 3 heterocycles. The highest BCUT2D eigenvalue weighted by molar-refractivity contribution is 7.91. The van der Waals surface area contributed by atoms with E-state index < -0.39 is 103 Å². The molecule has 4 aliphatic rings. The minimum absolute atomic E-state index is 0.0147. The molecule has 4 rings (SSSR count). The van der Waals surface area contributed by atoms with E-state index in [-0.39, 0.29) is 66.4 Å². The molecule has 1 saturated carbocycles. The molecular weight excluding hydrogens is 997 g/mol. The van der Waals surface area contributed by atoms with Crippen molar-refractivity contribution in [2.75, 3.05) is 45.6 Å². The quantitative estimate of drug-likeness (QED) is 0.137. The molecule has 18 nitrogen and oxygen atoms in total. The first-order chi connectivity index (χ1) is 34.6. The van der Waals surface area contributed by atoms with Crippen LogP contribution in [0.4, 0.5) is 0 Å². The van der Waals surface area contributed by atoms with Gasteiger partial charge in [-0.3, -0.25) is 19.2 Å². The van der Waals surface area contributed by atoms with Gasteiger partial charge in [-0.2, -0.15) is 0 Å². The van der Waals surface area contributed by atoms with Gasteiger partial charge in [-0.1, -0.05) is 69.7 Å². The normalized spacial score (nSPS) is 38.0. The van der Waals surface area contributed by atoms with Crippen LogP contribution in [0.15, 0.2) is 47.6 Å². The zero-order chi connectivity index (χ0) is 55.3. The Morgan fingerprint density at radius 2 is 1.61 bits per heavy atom. The molecule has 74 heavy (non-hydrogen) atoms. The summed E-state index contributed by atoms with van der Waals surface area (Å²) in [4.78, 5) is 70.9. The standard InChI is InChI=1S/C54H86N2O16S2/c1-33-17-15-13-12-14-16-18-34(2)48(58)50(69-10)49(59)37(5)27-35(3)44(57)31-46(36(4)28-41-20-22-45(47(29-41)68-9)70-25-23-40-24-26-74(66,67)32-40)71-53(62)39(7)56(8)52(61)51(60)54(63)38(6)19-21-42(72-54)30-43(33)55-73(11,64)65/h12-15,17,27,34-36,38-43,45-47,49-50,55,59,63H,16,18-26,28-32H2,1-11H3/b14-12-,15-13-,33-17-,37-27-/t34?,35?,36-,38+,39?,40?,41+,42-,43?,45-,46?,47-,49?,50?,54+/m1/s1. The minimum atomic E-state index is -3.75. The number of likely N-dealkylation sites (N-methyl/N-ethyl adjacent to an activating group) is 1. The molecule has 1 amide bonds. The zero-order valence-corrected chi connectivity index (χ0v) is 47.2. The molecule has 1 aliphatic carbocycles. The van der Waals surface area contributed by atoms with Crippen LogP contribution in [-0.2, 0) is 67.5 Å². The number of fused-ring (bicyclic) bond motifs is 2. The van der Waals surface area contributed by atoms with Gasteiger partial charge in [0.25, 0.3) is 11.7 Å². The highest BCUT2D eigenvalue weighted by Crippen LogP contribution is 2.37. The van der Waals surface area contributed by atoms with Gasteiger partial charge in [0.15, 0.2) is 15.6 Å². The second-order valence-corrected chi connectivity index (χ2v) is 25.7. The van der Waals surface area contributed by atoms with E-state index in [0.717, 1.165) is 17.6 Å². The first-order valence-corrected chi connectivity index (χ1v) is 30.0. The maximum Gasteiger partial charge on any atom is 0.328 e. The van der Waals surface area contributed by atoms with E-state index in [4.69, 9.17) is 23.7 Å². The fourth-order valence-electron chi connectivity index (χ4n) is 10.5. The number of hydrogen-bond acceptors (Lipinski definition) is 16. The summed E-state index contributed by atoms with van der Waals surface area (Å²) in [5.41, 5.74) is 0.942. The van der Waals surface area contributed by atoms with E-state index in [1.165, 1.54) is 21.1 Å². The van der Waals surface area contributed by atoms with Crippen molar-refractivity contribution in [2.24, 2.45) is 35.5 Å². The Bertz CT molecular complexity index is 2300. The molecule has 0 aromatic heterocycles. The monoisotopic (exact) mass is 1080 g/mol. The summed E-state index contributed by atoms with van der Waals surface area (Å²) in [5, 5.41) is 23.3. The van der Waals surface area contributed by atoms with Crippen molar-refractivity contribution >= 4 is 49.1 Å². The molecule has 0 radical (unpaired) electrons. The summed E-state index contributed by atoms with van der Waals surface area (Å²) in [5.74, 6) is -8.69. The highest BCUT2D eigenvalue weighted by Gasteiger charge is 2.52. The van der Waals surface area contributed by atoms with Crippen LogP contribution >= 0.6 is 0 Å². The summed E-state index contributed by atoms with van der Waals surface area (Å²) in [6, 6.07) is -2.19. The molecule has 0 aromatic carbocycles. The van der Waals surface area contributed by atoms with Gasteiger partial charge >= 0.3 is 5.97 Å². The number of sulfone groups is 1. The largest absolute Gasteiger partial charge is 0.460 e. The molecule has 3 aliphatic heterocycles. The van der Waals surface area contributed by atoms with Gasteiger partial charge < -0.3 is 38.8 Å². The lowest BCUT2D eigenvalue weighted by Gasteiger charge is -2.42. The number of nitrogens with one attached hydrogen (secondary N) is 1. The molecule has 0 spiro atoms. The molecule has 8 unspecified atom stereocenters. The van der Waals surface area contributed by atoms with Crippen molar-refractivity contribution in [1.29, 1.82) is 0 Å². The Morgan fingerprint density at radius 1 is 0.905 bits per heavy atom. The molecule has 0 aromatic rings. The predicted molar refractivity (Wildman–Crippen MR) is 280 cm³/mol. The second-order valence-electron chi connectivity index (χ2n) is 21.7. The fraction of sp³-hybridized carbons (Fsp3) is 0.759. The molecular formula is C54H86N2O16S2. The summed E-state index contributed by atoms with van der Waals surface area (Å²) in [6.07, 6.45) is 11.7. The third-order valence-electron chi connectivity index (χ3n) is 15.7. The lowest BCUT2D eigenvalue weighted by molar-refractivity contribution is -0.263. The summed E-state index contributed by atoms with van der Waals surface area (Å²) >= 11 is 0. The number of ketones is 3. The van der Waals surface area contributed by atoms with Crippen LogP contribution in [-0.4, -0.2) is 161 Å². The van der Waals surface area contributed by atoms with E-state index in [1.54, 1.807) is 72.1 Å². The number of ether oxygens (including phenoxy) is 5. The Kier molecular flexibility index (Phi) is 24.1. The Hall–Kier alpha value is -3.47. The number of esters is 1. The smallest absolute Gasteiger partial charge is 0.328 e. The number of sulfonamides is 1. The predicted octanol–water partition coefficient (Wildman–Crippen LogP) is 5.15. The lowest BCUT2D eigenvalue weighted by atomic mass is 9.78. The third-order valence-corrected chi connectivity index (χ3v) is 18.3. The number of methoxy groups -OCH3 is 2. The van der Waals surface area contributed by atoms with Gasteiger partial charge in [-0.25, -0.2) is 26.4 Å². The number of nitrogens with zero attached hydrogens (tertiary/aromatic N) is 1. The molecule has 3 N–H and O–H groups in total. The van der Waals surface area contributed by atoms with Gasteiger partial charge in [0.1, 0.15) is 30.1 Å². The molecule has 3 fully saturated rings. The highest BCUT2D eigenvalue weighted by atomic mass is 32.2. The Balaban J connectivity index is 1.62. The fourth-order valence-corrected chi connectivity index (χ4v) is 13.3. The number of amides is 1. The molecule has 15 atom stereocenters. The summed E-state index contributed by atoms with van der Waals surface area (Å²) < 4.78 is 81.5. The third kappa shape index (κ3) is 18.1. The van der Waals surface area contributed by atoms with Crippen molar-refractivity contribution in [3.8, 4) is 0 Å². The van der Waals surface area contributed by atoms with Crippen LogP contribution in [0.25, 0.3) is 0 Å². The number of aliphatic hydroxyl groups excluding tert-OH is 1. The maximum absolute atomic E-state index is 14.2. The average Bonchev–Trinajstić information content (AvgIpc) is 3.70. The van der Waals surface area contributed by atoms with Crippen LogP contribution in [0.3, 0.4) is 0 Å². The number of carbonyl (C=O) groups is 5. The molecule has 420 valence electrons. The number of cyclic esters (lactones) is 1. The van der Waals surface area contributed by atoms with Crippen molar-refractivity contribution < 1.29 is 74.7 Å². The summed E-state index contributed by atoms with van der Waals surface area (Å²) in [7, 11) is -2.56. The molecule has 20 heteroatoms. The minimum Gasteiger partial charge on any atom is -0.460 e. The van der Waals surface area contributed by atoms with Crippen molar-refractivity contribution in [2.45, 2.75) is 180 Å². The first-order valence-electron chi connectivity index (χ1n) is 26.3. The van der Waals surface area contributed by atoms with Crippen LogP contribution in [0.1, 0.15) is 126 Å². The summed E-state index contributed by atoms with van der Waals surface area (Å²) in [6.45, 7) is 12.0. The second kappa shape index (κ2) is 28.2. The van der Waals surface area contributed by atoms with Crippen molar-refractivity contribution in [3.63, 3.8) is 0 Å². The number of Topliss-reactive ketones (excluding diaryl/α,β-unsaturated/α-hetero) is 3. The number of hydrogen-bond donors (Lipinski definition) is 3. The number of aliphatic hydroxyl groups is 2. The van der Waals surface area contributed by atoms with Gasteiger partial charge in [0, 0.05) is 58.1 Å². The van der Waals surface area contributed by atoms with E-state index in [9.17, 15) is 51.0 Å². The number of rotatable bonds is 11. The van der Waals surface area contributed by atoms with Crippen molar-refractivity contribution in [3.05, 3.63) is 47.6 Å². The first kappa shape index (κ1) is 63.1. The van der Waals surface area contributed by atoms with E-state index in [1.807, 2.05) is 13.0 Å². The number of carbonyl (C=O) groups excluding carboxylic acids is 5. The Labute approximate surface area is 440 Å². The lowest BCUT2D eigenvalue weighted by Crippen LogP contribution is -2.59. The Morgan fingerprint density at radius 3 is 2.24 bits per heavy atom. The van der Waals surface area contributed by atoms with Crippen LogP contribution in [0.5, 0.6) is 0 Å². The van der Waals surface area contributed by atoms with E-state index >= 15 is 0 Å².